The lowest BCUT2D eigenvalue weighted by molar-refractivity contribution is 0.601. The Labute approximate surface area is 123 Å². The number of aryl methyl sites for hydroxylation is 1. The number of imidazole rings is 1. The van der Waals surface area contributed by atoms with Gasteiger partial charge in [-0.25, -0.2) is 13.4 Å². The molecule has 0 aliphatic rings. The summed E-state index contributed by atoms with van der Waals surface area (Å²) in [5, 5.41) is 0.493. The van der Waals surface area contributed by atoms with Gasteiger partial charge in [0.05, 0.1) is 11.1 Å². The largest absolute Gasteiger partial charge is 0.328 e. The molecule has 1 heterocycles. The highest BCUT2D eigenvalue weighted by atomic mass is 35.5. The number of rotatable bonds is 6. The molecule has 5 nitrogen and oxygen atoms in total. The lowest BCUT2D eigenvalue weighted by Crippen LogP contribution is -2.13. The number of benzene rings is 1. The Bertz CT molecular complexity index is 665. The Morgan fingerprint density at radius 1 is 1.30 bits per heavy atom. The number of halogens is 1. The Balaban J connectivity index is 2.12. The van der Waals surface area contributed by atoms with Gasteiger partial charge in [-0.05, 0) is 30.7 Å². The lowest BCUT2D eigenvalue weighted by atomic mass is 10.2. The Morgan fingerprint density at radius 2 is 2.00 bits per heavy atom. The summed E-state index contributed by atoms with van der Waals surface area (Å²) in [4.78, 5) is 7.26. The summed E-state index contributed by atoms with van der Waals surface area (Å²) in [5.74, 6) is 1.15. The maximum atomic E-state index is 12.1. The van der Waals surface area contributed by atoms with E-state index in [0.717, 1.165) is 25.1 Å². The molecule has 108 valence electrons. The van der Waals surface area contributed by atoms with Crippen LogP contribution < -0.4 is 4.72 Å². The maximum absolute atomic E-state index is 12.1. The van der Waals surface area contributed by atoms with E-state index in [1.54, 1.807) is 0 Å². The van der Waals surface area contributed by atoms with Gasteiger partial charge in [-0.1, -0.05) is 24.9 Å². The number of unbranched alkanes of at least 4 members (excludes halogenated alkanes) is 1. The number of hydrogen-bond donors (Lipinski definition) is 2. The molecule has 0 aliphatic heterocycles. The molecule has 0 aliphatic carbocycles. The summed E-state index contributed by atoms with van der Waals surface area (Å²) >= 11 is 5.74. The minimum Gasteiger partial charge on any atom is -0.328 e. The fourth-order valence-electron chi connectivity index (χ4n) is 1.70. The van der Waals surface area contributed by atoms with Crippen LogP contribution in [0.3, 0.4) is 0 Å². The molecule has 0 radical (unpaired) electrons. The quantitative estimate of drug-likeness (QED) is 0.860. The van der Waals surface area contributed by atoms with Crippen LogP contribution in [0.15, 0.2) is 35.4 Å². The normalized spacial score (nSPS) is 11.5. The highest BCUT2D eigenvalue weighted by Crippen LogP contribution is 2.17. The first-order valence-electron chi connectivity index (χ1n) is 6.33. The third-order valence-corrected chi connectivity index (χ3v) is 4.40. The molecule has 1 aromatic carbocycles. The van der Waals surface area contributed by atoms with Crippen molar-refractivity contribution in [1.29, 1.82) is 0 Å². The van der Waals surface area contributed by atoms with E-state index in [-0.39, 0.29) is 4.90 Å². The van der Waals surface area contributed by atoms with E-state index >= 15 is 0 Å². The smallest absolute Gasteiger partial charge is 0.263 e. The number of aromatic amines is 1. The molecule has 0 saturated heterocycles. The van der Waals surface area contributed by atoms with E-state index in [1.165, 1.54) is 30.5 Å². The van der Waals surface area contributed by atoms with Crippen LogP contribution in [0.1, 0.15) is 25.6 Å². The van der Waals surface area contributed by atoms with Crippen molar-refractivity contribution < 1.29 is 8.42 Å². The Hall–Kier alpha value is -1.53. The minimum absolute atomic E-state index is 0.159. The zero-order valence-corrected chi connectivity index (χ0v) is 12.6. The van der Waals surface area contributed by atoms with Gasteiger partial charge >= 0.3 is 0 Å². The number of nitrogens with zero attached hydrogens (tertiary/aromatic N) is 1. The zero-order chi connectivity index (χ0) is 14.6. The summed E-state index contributed by atoms with van der Waals surface area (Å²) in [6.07, 6.45) is 4.36. The Kier molecular flexibility index (Phi) is 4.67. The first-order valence-corrected chi connectivity index (χ1v) is 8.19. The maximum Gasteiger partial charge on any atom is 0.263 e. The van der Waals surface area contributed by atoms with E-state index in [2.05, 4.69) is 21.6 Å². The molecule has 0 bridgehead atoms. The van der Waals surface area contributed by atoms with Crippen LogP contribution >= 0.6 is 11.6 Å². The number of H-pyrrole nitrogens is 1. The standard InChI is InChI=1S/C13H16ClN3O2S/c1-2-3-4-12-15-9-13(16-12)17-20(18,19)11-7-5-10(14)6-8-11/h5-9,17H,2-4H2,1H3,(H,15,16). The number of anilines is 1. The summed E-state index contributed by atoms with van der Waals surface area (Å²) < 4.78 is 26.7. The molecule has 0 unspecified atom stereocenters. The second-order valence-corrected chi connectivity index (χ2v) is 6.53. The summed E-state index contributed by atoms with van der Waals surface area (Å²) in [6.45, 7) is 2.09. The van der Waals surface area contributed by atoms with Crippen LogP contribution in [0.5, 0.6) is 0 Å². The molecular weight excluding hydrogens is 298 g/mol. The van der Waals surface area contributed by atoms with Gasteiger partial charge in [0, 0.05) is 11.4 Å². The van der Waals surface area contributed by atoms with Crippen LogP contribution in [0, 0.1) is 0 Å². The molecule has 2 aromatic rings. The summed E-state index contributed by atoms with van der Waals surface area (Å²) in [5.41, 5.74) is 0. The molecule has 0 fully saturated rings. The minimum atomic E-state index is -3.62. The predicted molar refractivity (Wildman–Crippen MR) is 79.5 cm³/mol. The van der Waals surface area contributed by atoms with Crippen LogP contribution in [0.2, 0.25) is 5.02 Å². The molecule has 7 heteroatoms. The molecule has 2 N–H and O–H groups in total. The van der Waals surface area contributed by atoms with Crippen molar-refractivity contribution in [1.82, 2.24) is 9.97 Å². The van der Waals surface area contributed by atoms with Crippen LogP contribution in [0.4, 0.5) is 5.82 Å². The second kappa shape index (κ2) is 6.28. The molecular formula is C13H16ClN3O2S. The van der Waals surface area contributed by atoms with E-state index in [9.17, 15) is 8.42 Å². The average Bonchev–Trinajstić information content (AvgIpc) is 2.83. The van der Waals surface area contributed by atoms with Gasteiger partial charge in [-0.15, -0.1) is 0 Å². The van der Waals surface area contributed by atoms with E-state index in [1.807, 2.05) is 0 Å². The monoisotopic (exact) mass is 313 g/mol. The van der Waals surface area contributed by atoms with Gasteiger partial charge in [-0.3, -0.25) is 4.72 Å². The van der Waals surface area contributed by atoms with Gasteiger partial charge in [0.25, 0.3) is 10.0 Å². The van der Waals surface area contributed by atoms with Crippen molar-refractivity contribution in [3.05, 3.63) is 41.3 Å². The van der Waals surface area contributed by atoms with Gasteiger partial charge in [-0.2, -0.15) is 0 Å². The van der Waals surface area contributed by atoms with Gasteiger partial charge in [0.1, 0.15) is 11.6 Å². The average molecular weight is 314 g/mol. The number of sulfonamides is 1. The highest BCUT2D eigenvalue weighted by Gasteiger charge is 2.15. The third kappa shape index (κ3) is 3.74. The Morgan fingerprint density at radius 3 is 2.65 bits per heavy atom. The van der Waals surface area contributed by atoms with Gasteiger partial charge in [0.2, 0.25) is 0 Å². The topological polar surface area (TPSA) is 74.8 Å². The summed E-state index contributed by atoms with van der Waals surface area (Å²) in [7, 11) is -3.62. The number of hydrogen-bond acceptors (Lipinski definition) is 3. The van der Waals surface area contributed by atoms with Crippen molar-refractivity contribution in [2.45, 2.75) is 31.1 Å². The predicted octanol–water partition coefficient (Wildman–Crippen LogP) is 3.21. The molecule has 0 saturated carbocycles. The molecule has 0 spiro atoms. The van der Waals surface area contributed by atoms with Crippen LogP contribution in [-0.2, 0) is 16.4 Å². The first-order chi connectivity index (χ1) is 9.51. The molecule has 0 amide bonds. The molecule has 20 heavy (non-hydrogen) atoms. The molecule has 1 aromatic heterocycles. The fraction of sp³-hybridized carbons (Fsp3) is 0.308. The third-order valence-electron chi connectivity index (χ3n) is 2.76. The molecule has 0 atom stereocenters. The van der Waals surface area contributed by atoms with E-state index in [0.29, 0.717) is 10.8 Å². The van der Waals surface area contributed by atoms with Crippen LogP contribution in [-0.4, -0.2) is 18.4 Å². The lowest BCUT2D eigenvalue weighted by Gasteiger charge is -2.05. The van der Waals surface area contributed by atoms with Crippen LogP contribution in [0.25, 0.3) is 0 Å². The fourth-order valence-corrected chi connectivity index (χ4v) is 2.83. The van der Waals surface area contributed by atoms with Crippen molar-refractivity contribution >= 4 is 27.4 Å². The SMILES string of the molecule is CCCCc1ncc(NS(=O)(=O)c2ccc(Cl)cc2)[nH]1. The van der Waals surface area contributed by atoms with Crippen molar-refractivity contribution in [2.75, 3.05) is 4.72 Å². The highest BCUT2D eigenvalue weighted by molar-refractivity contribution is 7.92. The van der Waals surface area contributed by atoms with E-state index in [4.69, 9.17) is 11.6 Å². The van der Waals surface area contributed by atoms with Gasteiger partial charge < -0.3 is 4.98 Å². The number of nitrogens with one attached hydrogen (secondary N) is 2. The summed E-state index contributed by atoms with van der Waals surface area (Å²) in [6, 6.07) is 5.99. The van der Waals surface area contributed by atoms with E-state index < -0.39 is 10.0 Å². The zero-order valence-electron chi connectivity index (χ0n) is 11.1. The second-order valence-electron chi connectivity index (χ2n) is 4.41. The first kappa shape index (κ1) is 14.9. The van der Waals surface area contributed by atoms with Gasteiger partial charge in [0.15, 0.2) is 0 Å². The van der Waals surface area contributed by atoms with Crippen molar-refractivity contribution in [3.63, 3.8) is 0 Å². The number of aromatic nitrogens is 2. The molecule has 2 rings (SSSR count). The van der Waals surface area contributed by atoms with Crippen molar-refractivity contribution in [2.24, 2.45) is 0 Å². The van der Waals surface area contributed by atoms with Crippen molar-refractivity contribution in [3.8, 4) is 0 Å².